The number of carbonyl (C=O) groups excluding carboxylic acids is 1. The third-order valence-electron chi connectivity index (χ3n) is 3.58. The molecule has 21 heavy (non-hydrogen) atoms. The van der Waals surface area contributed by atoms with Crippen LogP contribution in [0.4, 0.5) is 14.9 Å². The van der Waals surface area contributed by atoms with Gasteiger partial charge in [-0.2, -0.15) is 4.39 Å². The Labute approximate surface area is 123 Å². The number of benzene rings is 2. The summed E-state index contributed by atoms with van der Waals surface area (Å²) in [7, 11) is 0. The minimum atomic E-state index is -1.93. The van der Waals surface area contributed by atoms with Gasteiger partial charge in [0.1, 0.15) is 0 Å². The average Bonchev–Trinajstić information content (AvgIpc) is 2.49. The van der Waals surface area contributed by atoms with Gasteiger partial charge in [0.15, 0.2) is 0 Å². The van der Waals surface area contributed by atoms with Gasteiger partial charge in [-0.1, -0.05) is 48.5 Å². The van der Waals surface area contributed by atoms with Crippen LogP contribution in [-0.4, -0.2) is 18.5 Å². The van der Waals surface area contributed by atoms with Crippen LogP contribution in [0.15, 0.2) is 60.7 Å². The van der Waals surface area contributed by atoms with E-state index in [-0.39, 0.29) is 12.8 Å². The van der Waals surface area contributed by atoms with Crippen molar-refractivity contribution in [2.24, 2.45) is 0 Å². The Bertz CT molecular complexity index is 617. The number of hydrogen-bond donors (Lipinski definition) is 0. The predicted molar refractivity (Wildman–Crippen MR) is 78.9 cm³/mol. The fourth-order valence-electron chi connectivity index (χ4n) is 2.50. The predicted octanol–water partition coefficient (Wildman–Crippen LogP) is 3.94. The van der Waals surface area contributed by atoms with E-state index in [4.69, 9.17) is 4.74 Å². The Morgan fingerprint density at radius 3 is 2.29 bits per heavy atom. The number of para-hydroxylation sites is 1. The van der Waals surface area contributed by atoms with Crippen molar-refractivity contribution in [2.75, 3.05) is 11.4 Å². The smallest absolute Gasteiger partial charge is 0.412 e. The van der Waals surface area contributed by atoms with Crippen LogP contribution in [0.25, 0.3) is 0 Å². The summed E-state index contributed by atoms with van der Waals surface area (Å²) in [5, 5.41) is 0. The van der Waals surface area contributed by atoms with Crippen LogP contribution in [0.2, 0.25) is 0 Å². The van der Waals surface area contributed by atoms with Gasteiger partial charge in [0.05, 0.1) is 0 Å². The van der Waals surface area contributed by atoms with E-state index in [1.807, 2.05) is 60.7 Å². The number of ether oxygens (including phenoxy) is 1. The van der Waals surface area contributed by atoms with E-state index in [0.29, 0.717) is 6.54 Å². The second-order valence-corrected chi connectivity index (χ2v) is 5.15. The van der Waals surface area contributed by atoms with Crippen molar-refractivity contribution in [1.29, 1.82) is 0 Å². The van der Waals surface area contributed by atoms with E-state index in [1.165, 1.54) is 4.90 Å². The first kappa shape index (κ1) is 13.6. The second-order valence-electron chi connectivity index (χ2n) is 5.15. The maximum atomic E-state index is 14.7. The first-order valence-electron chi connectivity index (χ1n) is 6.95. The van der Waals surface area contributed by atoms with Crippen molar-refractivity contribution in [3.05, 3.63) is 66.2 Å². The number of hydrogen-bond acceptors (Lipinski definition) is 2. The van der Waals surface area contributed by atoms with Crippen molar-refractivity contribution in [1.82, 2.24) is 0 Å². The summed E-state index contributed by atoms with van der Waals surface area (Å²) in [5.41, 5.74) is 1.55. The lowest BCUT2D eigenvalue weighted by Gasteiger charge is -2.35. The zero-order valence-electron chi connectivity index (χ0n) is 11.5. The molecule has 0 N–H and O–H groups in total. The topological polar surface area (TPSA) is 29.5 Å². The molecule has 0 aromatic heterocycles. The lowest BCUT2D eigenvalue weighted by molar-refractivity contribution is -0.107. The molecule has 0 aliphatic carbocycles. The SMILES string of the molecule is O=C1OC(F)(Cc2ccccc2)CCN1c1ccccc1. The molecule has 2 aromatic rings. The van der Waals surface area contributed by atoms with E-state index in [0.717, 1.165) is 11.3 Å². The fraction of sp³-hybridized carbons (Fsp3) is 0.235. The van der Waals surface area contributed by atoms with Gasteiger partial charge in [-0.25, -0.2) is 4.79 Å². The third-order valence-corrected chi connectivity index (χ3v) is 3.58. The van der Waals surface area contributed by atoms with Gasteiger partial charge in [0.2, 0.25) is 0 Å². The van der Waals surface area contributed by atoms with Crippen molar-refractivity contribution >= 4 is 11.8 Å². The summed E-state index contributed by atoms with van der Waals surface area (Å²) in [6, 6.07) is 18.4. The summed E-state index contributed by atoms with van der Waals surface area (Å²) in [5.74, 6) is -1.93. The molecule has 1 amide bonds. The highest BCUT2D eigenvalue weighted by Crippen LogP contribution is 2.31. The van der Waals surface area contributed by atoms with E-state index in [1.54, 1.807) is 0 Å². The van der Waals surface area contributed by atoms with Crippen LogP contribution in [0.3, 0.4) is 0 Å². The molecule has 1 unspecified atom stereocenters. The number of anilines is 1. The second kappa shape index (κ2) is 5.56. The zero-order valence-corrected chi connectivity index (χ0v) is 11.5. The molecular formula is C17H16FNO2. The zero-order chi connectivity index (χ0) is 14.7. The minimum Gasteiger partial charge on any atom is -0.412 e. The Kier molecular flexibility index (Phi) is 3.60. The molecule has 1 aliphatic heterocycles. The molecule has 3 rings (SSSR count). The Hall–Kier alpha value is -2.36. The van der Waals surface area contributed by atoms with Gasteiger partial charge < -0.3 is 4.74 Å². The summed E-state index contributed by atoms with van der Waals surface area (Å²) >= 11 is 0. The molecule has 3 nitrogen and oxygen atoms in total. The number of carbonyl (C=O) groups is 1. The van der Waals surface area contributed by atoms with Crippen molar-refractivity contribution < 1.29 is 13.9 Å². The lowest BCUT2D eigenvalue weighted by atomic mass is 10.0. The van der Waals surface area contributed by atoms with Crippen LogP contribution < -0.4 is 4.90 Å². The van der Waals surface area contributed by atoms with Gasteiger partial charge in [-0.3, -0.25) is 4.90 Å². The number of rotatable bonds is 3. The normalized spacial score (nSPS) is 22.0. The van der Waals surface area contributed by atoms with Gasteiger partial charge in [-0.15, -0.1) is 0 Å². The first-order chi connectivity index (χ1) is 10.2. The monoisotopic (exact) mass is 285 g/mol. The number of alkyl halides is 1. The molecule has 1 fully saturated rings. The minimum absolute atomic E-state index is 0.0855. The molecule has 1 saturated heterocycles. The number of nitrogens with zero attached hydrogens (tertiary/aromatic N) is 1. The summed E-state index contributed by atoms with van der Waals surface area (Å²) < 4.78 is 19.8. The number of cyclic esters (lactones) is 1. The number of halogens is 1. The summed E-state index contributed by atoms with van der Waals surface area (Å²) in [4.78, 5) is 13.5. The van der Waals surface area contributed by atoms with Crippen LogP contribution in [0.1, 0.15) is 12.0 Å². The largest absolute Gasteiger partial charge is 0.417 e. The molecule has 0 radical (unpaired) electrons. The van der Waals surface area contributed by atoms with Crippen LogP contribution in [0.5, 0.6) is 0 Å². The van der Waals surface area contributed by atoms with E-state index in [2.05, 4.69) is 0 Å². The van der Waals surface area contributed by atoms with E-state index >= 15 is 0 Å². The number of amides is 1. The molecule has 108 valence electrons. The van der Waals surface area contributed by atoms with Crippen LogP contribution in [-0.2, 0) is 11.2 Å². The Morgan fingerprint density at radius 2 is 1.67 bits per heavy atom. The van der Waals surface area contributed by atoms with E-state index < -0.39 is 11.9 Å². The van der Waals surface area contributed by atoms with Crippen molar-refractivity contribution in [2.45, 2.75) is 18.7 Å². The Balaban J connectivity index is 1.72. The highest BCUT2D eigenvalue weighted by Gasteiger charge is 2.41. The van der Waals surface area contributed by atoms with Gasteiger partial charge >= 0.3 is 6.09 Å². The molecule has 1 heterocycles. The standard InChI is InChI=1S/C17H16FNO2/c18-17(13-14-7-3-1-4-8-14)11-12-19(16(20)21-17)15-9-5-2-6-10-15/h1-10H,11-13H2. The van der Waals surface area contributed by atoms with E-state index in [9.17, 15) is 9.18 Å². The molecule has 0 spiro atoms. The van der Waals surface area contributed by atoms with Crippen LogP contribution in [0, 0.1) is 0 Å². The molecule has 1 atom stereocenters. The van der Waals surface area contributed by atoms with Gasteiger partial charge in [0.25, 0.3) is 5.85 Å². The average molecular weight is 285 g/mol. The first-order valence-corrected chi connectivity index (χ1v) is 6.95. The van der Waals surface area contributed by atoms with Gasteiger partial charge in [0, 0.05) is 25.1 Å². The molecule has 0 saturated carbocycles. The highest BCUT2D eigenvalue weighted by atomic mass is 19.2. The summed E-state index contributed by atoms with van der Waals surface area (Å²) in [6.45, 7) is 0.312. The molecular weight excluding hydrogens is 269 g/mol. The molecule has 0 bridgehead atoms. The molecule has 4 heteroatoms. The maximum Gasteiger partial charge on any atom is 0.417 e. The quantitative estimate of drug-likeness (QED) is 0.854. The molecule has 2 aromatic carbocycles. The van der Waals surface area contributed by atoms with Gasteiger partial charge in [-0.05, 0) is 17.7 Å². The third kappa shape index (κ3) is 3.05. The fourth-order valence-corrected chi connectivity index (χ4v) is 2.50. The highest BCUT2D eigenvalue weighted by molar-refractivity contribution is 5.88. The lowest BCUT2D eigenvalue weighted by Crippen LogP contribution is -2.48. The van der Waals surface area contributed by atoms with Crippen LogP contribution >= 0.6 is 0 Å². The van der Waals surface area contributed by atoms with Crippen molar-refractivity contribution in [3.8, 4) is 0 Å². The molecule has 1 aliphatic rings. The maximum absolute atomic E-state index is 14.7. The Morgan fingerprint density at radius 1 is 1.05 bits per heavy atom. The summed E-state index contributed by atoms with van der Waals surface area (Å²) in [6.07, 6.45) is -0.393. The van der Waals surface area contributed by atoms with Crippen molar-refractivity contribution in [3.63, 3.8) is 0 Å².